The predicted octanol–water partition coefficient (Wildman–Crippen LogP) is 1.24. The summed E-state index contributed by atoms with van der Waals surface area (Å²) in [5.74, 6) is -2.89. The maximum Gasteiger partial charge on any atom is 0.328 e. The summed E-state index contributed by atoms with van der Waals surface area (Å²) in [5, 5.41) is 7.22. The molecule has 29 heavy (non-hydrogen) atoms. The van der Waals surface area contributed by atoms with Crippen LogP contribution < -0.4 is 16.0 Å². The van der Waals surface area contributed by atoms with Crippen LogP contribution in [0.1, 0.15) is 17.3 Å². The Labute approximate surface area is 166 Å². The van der Waals surface area contributed by atoms with Gasteiger partial charge in [0.2, 0.25) is 5.91 Å². The highest BCUT2D eigenvalue weighted by molar-refractivity contribution is 5.97. The minimum Gasteiger partial charge on any atom is -0.454 e. The second kappa shape index (κ2) is 10.5. The number of hydrogen-bond acceptors (Lipinski definition) is 5. The van der Waals surface area contributed by atoms with Gasteiger partial charge < -0.3 is 20.7 Å². The third-order valence-electron chi connectivity index (χ3n) is 3.66. The molecule has 152 valence electrons. The van der Waals surface area contributed by atoms with Crippen LogP contribution in [0.15, 0.2) is 54.6 Å². The van der Waals surface area contributed by atoms with E-state index in [4.69, 9.17) is 4.74 Å². The summed E-state index contributed by atoms with van der Waals surface area (Å²) < 4.78 is 17.6. The monoisotopic (exact) mass is 401 g/mol. The van der Waals surface area contributed by atoms with Crippen LogP contribution in [0.3, 0.4) is 0 Å². The number of carbonyl (C=O) groups is 4. The molecule has 0 unspecified atom stereocenters. The molecule has 0 aliphatic carbocycles. The fourth-order valence-electron chi connectivity index (χ4n) is 2.16. The first-order chi connectivity index (χ1) is 13.8. The van der Waals surface area contributed by atoms with Crippen LogP contribution in [0.2, 0.25) is 0 Å². The van der Waals surface area contributed by atoms with Gasteiger partial charge in [-0.3, -0.25) is 14.4 Å². The molecule has 2 rings (SSSR count). The van der Waals surface area contributed by atoms with E-state index in [-0.39, 0.29) is 6.54 Å². The lowest BCUT2D eigenvalue weighted by Crippen LogP contribution is -2.41. The molecule has 3 N–H and O–H groups in total. The number of ether oxygens (including phenoxy) is 1. The van der Waals surface area contributed by atoms with E-state index in [0.717, 1.165) is 0 Å². The standard InChI is InChI=1S/C20H20FN3O5/c1-13(23-19(27)14-5-3-2-4-6-14)20(28)29-12-18(26)22-11-17(25)24-16-9-7-15(21)8-10-16/h2-10,13H,11-12H2,1H3,(H,22,26)(H,23,27)(H,24,25)/t13-/m0/s1. The van der Waals surface area contributed by atoms with Gasteiger partial charge in [-0.15, -0.1) is 0 Å². The Balaban J connectivity index is 1.68. The van der Waals surface area contributed by atoms with Gasteiger partial charge in [0.05, 0.1) is 6.54 Å². The van der Waals surface area contributed by atoms with Crippen molar-refractivity contribution in [3.63, 3.8) is 0 Å². The van der Waals surface area contributed by atoms with Crippen LogP contribution in [-0.2, 0) is 19.1 Å². The first kappa shape index (κ1) is 21.5. The summed E-state index contributed by atoms with van der Waals surface area (Å²) in [6.07, 6.45) is 0. The van der Waals surface area contributed by atoms with Gasteiger partial charge in [-0.1, -0.05) is 18.2 Å². The van der Waals surface area contributed by atoms with E-state index in [9.17, 15) is 23.6 Å². The van der Waals surface area contributed by atoms with Crippen molar-refractivity contribution in [3.8, 4) is 0 Å². The highest BCUT2D eigenvalue weighted by atomic mass is 19.1. The van der Waals surface area contributed by atoms with Crippen molar-refractivity contribution in [2.75, 3.05) is 18.5 Å². The molecule has 0 aliphatic rings. The zero-order chi connectivity index (χ0) is 21.2. The van der Waals surface area contributed by atoms with Crippen molar-refractivity contribution in [1.29, 1.82) is 0 Å². The second-order valence-electron chi connectivity index (χ2n) is 6.00. The molecule has 1 atom stereocenters. The molecule has 3 amide bonds. The zero-order valence-electron chi connectivity index (χ0n) is 15.6. The first-order valence-electron chi connectivity index (χ1n) is 8.70. The third-order valence-corrected chi connectivity index (χ3v) is 3.66. The van der Waals surface area contributed by atoms with Gasteiger partial charge in [0.15, 0.2) is 6.61 Å². The third kappa shape index (κ3) is 7.41. The molecule has 9 heteroatoms. The van der Waals surface area contributed by atoms with Gasteiger partial charge in [-0.2, -0.15) is 0 Å². The average Bonchev–Trinajstić information content (AvgIpc) is 2.72. The molecule has 2 aromatic rings. The highest BCUT2D eigenvalue weighted by Gasteiger charge is 2.19. The first-order valence-corrected chi connectivity index (χ1v) is 8.70. The number of amides is 3. The van der Waals surface area contributed by atoms with E-state index in [1.807, 2.05) is 0 Å². The largest absolute Gasteiger partial charge is 0.454 e. The van der Waals surface area contributed by atoms with Crippen molar-refractivity contribution in [2.45, 2.75) is 13.0 Å². The van der Waals surface area contributed by atoms with E-state index in [0.29, 0.717) is 11.3 Å². The smallest absolute Gasteiger partial charge is 0.328 e. The topological polar surface area (TPSA) is 114 Å². The minimum absolute atomic E-state index is 0.353. The van der Waals surface area contributed by atoms with Crippen LogP contribution in [0.25, 0.3) is 0 Å². The Hall–Kier alpha value is -3.75. The van der Waals surface area contributed by atoms with Crippen molar-refractivity contribution in [3.05, 3.63) is 66.0 Å². The summed E-state index contributed by atoms with van der Waals surface area (Å²) in [6.45, 7) is 0.472. The number of esters is 1. The molecular formula is C20H20FN3O5. The van der Waals surface area contributed by atoms with Crippen molar-refractivity contribution < 1.29 is 28.3 Å². The number of anilines is 1. The number of benzene rings is 2. The molecule has 0 fully saturated rings. The van der Waals surface area contributed by atoms with Crippen LogP contribution in [-0.4, -0.2) is 42.9 Å². The lowest BCUT2D eigenvalue weighted by atomic mass is 10.2. The van der Waals surface area contributed by atoms with E-state index in [2.05, 4.69) is 16.0 Å². The molecule has 0 saturated heterocycles. The van der Waals surface area contributed by atoms with E-state index in [1.165, 1.54) is 31.2 Å². The van der Waals surface area contributed by atoms with E-state index >= 15 is 0 Å². The van der Waals surface area contributed by atoms with Crippen LogP contribution in [0, 0.1) is 5.82 Å². The van der Waals surface area contributed by atoms with Crippen LogP contribution in [0.4, 0.5) is 10.1 Å². The van der Waals surface area contributed by atoms with Gasteiger partial charge in [-0.25, -0.2) is 9.18 Å². The lowest BCUT2D eigenvalue weighted by molar-refractivity contribution is -0.150. The molecule has 0 aromatic heterocycles. The van der Waals surface area contributed by atoms with Crippen molar-refractivity contribution >= 4 is 29.4 Å². The molecule has 0 spiro atoms. The van der Waals surface area contributed by atoms with Crippen LogP contribution >= 0.6 is 0 Å². The molecule has 2 aromatic carbocycles. The maximum absolute atomic E-state index is 12.8. The maximum atomic E-state index is 12.8. The molecule has 0 saturated carbocycles. The number of rotatable bonds is 8. The fourth-order valence-corrected chi connectivity index (χ4v) is 2.16. The van der Waals surface area contributed by atoms with Gasteiger partial charge in [0.25, 0.3) is 11.8 Å². The van der Waals surface area contributed by atoms with Crippen molar-refractivity contribution in [2.24, 2.45) is 0 Å². The number of nitrogens with one attached hydrogen (secondary N) is 3. The molecule has 0 aliphatic heterocycles. The van der Waals surface area contributed by atoms with Gasteiger partial charge in [-0.05, 0) is 43.3 Å². The normalized spacial score (nSPS) is 11.1. The fraction of sp³-hybridized carbons (Fsp3) is 0.200. The van der Waals surface area contributed by atoms with Gasteiger partial charge in [0, 0.05) is 11.3 Å². The molecule has 0 heterocycles. The van der Waals surface area contributed by atoms with E-state index < -0.39 is 42.2 Å². The molecular weight excluding hydrogens is 381 g/mol. The SMILES string of the molecule is C[C@H](NC(=O)c1ccccc1)C(=O)OCC(=O)NCC(=O)Nc1ccc(F)cc1. The second-order valence-corrected chi connectivity index (χ2v) is 6.00. The molecule has 0 bridgehead atoms. The molecule has 0 radical (unpaired) electrons. The summed E-state index contributed by atoms with van der Waals surface area (Å²) >= 11 is 0. The van der Waals surface area contributed by atoms with Gasteiger partial charge >= 0.3 is 5.97 Å². The predicted molar refractivity (Wildman–Crippen MR) is 102 cm³/mol. The number of carbonyl (C=O) groups excluding carboxylic acids is 4. The summed E-state index contributed by atoms with van der Waals surface area (Å²) in [7, 11) is 0. The quantitative estimate of drug-likeness (QED) is 0.576. The van der Waals surface area contributed by atoms with Crippen LogP contribution in [0.5, 0.6) is 0 Å². The number of halogens is 1. The average molecular weight is 401 g/mol. The Kier molecular flexibility index (Phi) is 7.84. The van der Waals surface area contributed by atoms with Gasteiger partial charge in [0.1, 0.15) is 11.9 Å². The summed E-state index contributed by atoms with van der Waals surface area (Å²) in [4.78, 5) is 47.3. The lowest BCUT2D eigenvalue weighted by Gasteiger charge is -2.13. The van der Waals surface area contributed by atoms with Crippen molar-refractivity contribution in [1.82, 2.24) is 10.6 Å². The minimum atomic E-state index is -0.961. The zero-order valence-corrected chi connectivity index (χ0v) is 15.6. The molecule has 8 nitrogen and oxygen atoms in total. The number of hydrogen-bond donors (Lipinski definition) is 3. The highest BCUT2D eigenvalue weighted by Crippen LogP contribution is 2.07. The Morgan fingerprint density at radius 1 is 0.966 bits per heavy atom. The Morgan fingerprint density at radius 2 is 1.62 bits per heavy atom. The summed E-state index contributed by atoms with van der Waals surface area (Å²) in [5.41, 5.74) is 0.761. The summed E-state index contributed by atoms with van der Waals surface area (Å²) in [6, 6.07) is 12.5. The Morgan fingerprint density at radius 3 is 2.28 bits per heavy atom. The van der Waals surface area contributed by atoms with E-state index in [1.54, 1.807) is 30.3 Å². The Bertz CT molecular complexity index is 871.